The Kier molecular flexibility index (Phi) is 4.20. The van der Waals surface area contributed by atoms with Crippen molar-refractivity contribution in [2.45, 2.75) is 18.9 Å². The maximum Gasteiger partial charge on any atom is 0.335 e. The molecule has 0 amide bonds. The average molecular weight is 332 g/mol. The van der Waals surface area contributed by atoms with E-state index in [1.54, 1.807) is 12.1 Å². The third kappa shape index (κ3) is 3.13. The van der Waals surface area contributed by atoms with Gasteiger partial charge in [0, 0.05) is 24.7 Å². The average Bonchev–Trinajstić information content (AvgIpc) is 3.10. The number of carboxylic acid groups (broad SMARTS) is 1. The van der Waals surface area contributed by atoms with E-state index in [2.05, 4.69) is 28.1 Å². The zero-order chi connectivity index (χ0) is 17.2. The Morgan fingerprint density at radius 3 is 2.88 bits per heavy atom. The Hall–Kier alpha value is -2.72. The molecule has 0 radical (unpaired) electrons. The van der Waals surface area contributed by atoms with Gasteiger partial charge < -0.3 is 5.11 Å². The zero-order valence-electron chi connectivity index (χ0n) is 13.9. The third-order valence-corrected chi connectivity index (χ3v) is 5.03. The standard InChI is InChI=1S/C21H20N2O2/c24-21(25)19-7-2-1-6-17(19)16-10-12-23(14-16)13-15-5-3-9-20-18(15)8-4-11-22-20/h1-9,11,16H,10,12-14H2,(H,24,25). The van der Waals surface area contributed by atoms with Gasteiger partial charge in [-0.05, 0) is 48.2 Å². The summed E-state index contributed by atoms with van der Waals surface area (Å²) in [6.07, 6.45) is 2.81. The molecular weight excluding hydrogens is 312 g/mol. The lowest BCUT2D eigenvalue weighted by Gasteiger charge is -2.18. The molecule has 1 aliphatic heterocycles. The van der Waals surface area contributed by atoms with Crippen molar-refractivity contribution in [2.24, 2.45) is 0 Å². The summed E-state index contributed by atoms with van der Waals surface area (Å²) in [4.78, 5) is 18.3. The molecule has 1 N–H and O–H groups in total. The molecule has 1 aromatic heterocycles. The number of pyridine rings is 1. The quantitative estimate of drug-likeness (QED) is 0.787. The van der Waals surface area contributed by atoms with Gasteiger partial charge in [-0.3, -0.25) is 9.88 Å². The summed E-state index contributed by atoms with van der Waals surface area (Å²) in [6, 6.07) is 17.7. The lowest BCUT2D eigenvalue weighted by molar-refractivity contribution is 0.0695. The van der Waals surface area contributed by atoms with Crippen LogP contribution in [0.4, 0.5) is 0 Å². The number of aromatic carboxylic acids is 1. The topological polar surface area (TPSA) is 53.4 Å². The molecule has 1 fully saturated rings. The predicted molar refractivity (Wildman–Crippen MR) is 97.8 cm³/mol. The number of nitrogens with zero attached hydrogens (tertiary/aromatic N) is 2. The molecule has 1 atom stereocenters. The first-order valence-electron chi connectivity index (χ1n) is 8.59. The number of aromatic nitrogens is 1. The van der Waals surface area contributed by atoms with Crippen molar-refractivity contribution in [1.82, 2.24) is 9.88 Å². The van der Waals surface area contributed by atoms with Gasteiger partial charge in [-0.1, -0.05) is 36.4 Å². The molecule has 1 unspecified atom stereocenters. The SMILES string of the molecule is O=C(O)c1ccccc1C1CCN(Cc2cccc3ncccc23)C1. The van der Waals surface area contributed by atoms with Crippen LogP contribution in [-0.4, -0.2) is 34.0 Å². The molecule has 4 heteroatoms. The van der Waals surface area contributed by atoms with Crippen molar-refractivity contribution in [2.75, 3.05) is 13.1 Å². The van der Waals surface area contributed by atoms with Gasteiger partial charge >= 0.3 is 5.97 Å². The number of benzene rings is 2. The minimum Gasteiger partial charge on any atom is -0.478 e. The van der Waals surface area contributed by atoms with Crippen LogP contribution in [0.3, 0.4) is 0 Å². The van der Waals surface area contributed by atoms with E-state index in [-0.39, 0.29) is 5.92 Å². The molecule has 0 bridgehead atoms. The van der Waals surface area contributed by atoms with Crippen molar-refractivity contribution < 1.29 is 9.90 Å². The molecule has 1 saturated heterocycles. The number of hydrogen-bond donors (Lipinski definition) is 1. The highest BCUT2D eigenvalue weighted by molar-refractivity contribution is 5.89. The van der Waals surface area contributed by atoms with Gasteiger partial charge in [0.15, 0.2) is 0 Å². The van der Waals surface area contributed by atoms with Crippen molar-refractivity contribution >= 4 is 16.9 Å². The highest BCUT2D eigenvalue weighted by Gasteiger charge is 2.27. The van der Waals surface area contributed by atoms with Gasteiger partial charge in [-0.2, -0.15) is 0 Å². The van der Waals surface area contributed by atoms with Crippen LogP contribution in [0.5, 0.6) is 0 Å². The summed E-state index contributed by atoms with van der Waals surface area (Å²) in [6.45, 7) is 2.74. The van der Waals surface area contributed by atoms with Crippen molar-refractivity contribution in [3.63, 3.8) is 0 Å². The minimum atomic E-state index is -0.839. The molecule has 0 spiro atoms. The van der Waals surface area contributed by atoms with Crippen LogP contribution >= 0.6 is 0 Å². The fraction of sp³-hybridized carbons (Fsp3) is 0.238. The Morgan fingerprint density at radius 2 is 2.00 bits per heavy atom. The number of likely N-dealkylation sites (tertiary alicyclic amines) is 1. The van der Waals surface area contributed by atoms with Crippen LogP contribution in [0, 0.1) is 0 Å². The maximum atomic E-state index is 11.5. The van der Waals surface area contributed by atoms with E-state index < -0.39 is 5.97 Å². The zero-order valence-corrected chi connectivity index (χ0v) is 13.9. The lowest BCUT2D eigenvalue weighted by Crippen LogP contribution is -2.20. The Bertz CT molecular complexity index is 917. The smallest absolute Gasteiger partial charge is 0.335 e. The first kappa shape index (κ1) is 15.8. The molecular formula is C21H20N2O2. The van der Waals surface area contributed by atoms with Crippen LogP contribution in [0.25, 0.3) is 10.9 Å². The molecule has 1 aliphatic rings. The first-order valence-corrected chi connectivity index (χ1v) is 8.59. The van der Waals surface area contributed by atoms with Crippen LogP contribution in [0.2, 0.25) is 0 Å². The maximum absolute atomic E-state index is 11.5. The van der Waals surface area contributed by atoms with E-state index in [1.165, 1.54) is 10.9 Å². The predicted octanol–water partition coefficient (Wildman–Crippen LogP) is 3.92. The molecule has 4 rings (SSSR count). The second-order valence-electron chi connectivity index (χ2n) is 6.60. The molecule has 0 aliphatic carbocycles. The van der Waals surface area contributed by atoms with Gasteiger partial charge in [0.05, 0.1) is 11.1 Å². The van der Waals surface area contributed by atoms with E-state index >= 15 is 0 Å². The van der Waals surface area contributed by atoms with Gasteiger partial charge in [0.1, 0.15) is 0 Å². The van der Waals surface area contributed by atoms with Crippen molar-refractivity contribution in [1.29, 1.82) is 0 Å². The van der Waals surface area contributed by atoms with E-state index in [4.69, 9.17) is 0 Å². The minimum absolute atomic E-state index is 0.278. The number of fused-ring (bicyclic) bond motifs is 1. The molecule has 3 aromatic rings. The first-order chi connectivity index (χ1) is 12.2. The second kappa shape index (κ2) is 6.65. The number of rotatable bonds is 4. The molecule has 2 aromatic carbocycles. The Labute approximate surface area is 146 Å². The molecule has 2 heterocycles. The van der Waals surface area contributed by atoms with E-state index in [0.717, 1.165) is 37.1 Å². The molecule has 4 nitrogen and oxygen atoms in total. The van der Waals surface area contributed by atoms with Crippen LogP contribution < -0.4 is 0 Å². The monoisotopic (exact) mass is 332 g/mol. The summed E-state index contributed by atoms with van der Waals surface area (Å²) in [7, 11) is 0. The number of carboxylic acids is 1. The van der Waals surface area contributed by atoms with Crippen molar-refractivity contribution in [3.8, 4) is 0 Å². The summed E-state index contributed by atoms with van der Waals surface area (Å²) in [5, 5.41) is 10.6. The largest absolute Gasteiger partial charge is 0.478 e. The van der Waals surface area contributed by atoms with Gasteiger partial charge in [0.2, 0.25) is 0 Å². The van der Waals surface area contributed by atoms with E-state index in [1.807, 2.05) is 30.5 Å². The van der Waals surface area contributed by atoms with Crippen molar-refractivity contribution in [3.05, 3.63) is 77.5 Å². The third-order valence-electron chi connectivity index (χ3n) is 5.03. The summed E-state index contributed by atoms with van der Waals surface area (Å²) in [5.41, 5.74) is 3.69. The van der Waals surface area contributed by atoms with E-state index in [0.29, 0.717) is 5.56 Å². The highest BCUT2D eigenvalue weighted by Crippen LogP contribution is 2.31. The van der Waals surface area contributed by atoms with Crippen LogP contribution in [0.1, 0.15) is 33.8 Å². The van der Waals surface area contributed by atoms with Gasteiger partial charge in [-0.25, -0.2) is 4.79 Å². The summed E-state index contributed by atoms with van der Waals surface area (Å²) in [5.74, 6) is -0.561. The molecule has 0 saturated carbocycles. The highest BCUT2D eigenvalue weighted by atomic mass is 16.4. The summed E-state index contributed by atoms with van der Waals surface area (Å²) < 4.78 is 0. The van der Waals surface area contributed by atoms with E-state index in [9.17, 15) is 9.90 Å². The van der Waals surface area contributed by atoms with Crippen LogP contribution in [0.15, 0.2) is 60.8 Å². The molecule has 25 heavy (non-hydrogen) atoms. The van der Waals surface area contributed by atoms with Crippen LogP contribution in [-0.2, 0) is 6.54 Å². The fourth-order valence-electron chi connectivity index (χ4n) is 3.82. The number of hydrogen-bond acceptors (Lipinski definition) is 3. The number of carbonyl (C=O) groups is 1. The fourth-order valence-corrected chi connectivity index (χ4v) is 3.82. The normalized spacial score (nSPS) is 17.8. The Morgan fingerprint density at radius 1 is 1.12 bits per heavy atom. The second-order valence-corrected chi connectivity index (χ2v) is 6.60. The Balaban J connectivity index is 1.54. The summed E-state index contributed by atoms with van der Waals surface area (Å²) >= 11 is 0. The van der Waals surface area contributed by atoms with Gasteiger partial charge in [0.25, 0.3) is 0 Å². The molecule has 126 valence electrons. The van der Waals surface area contributed by atoms with Gasteiger partial charge in [-0.15, -0.1) is 0 Å². The lowest BCUT2D eigenvalue weighted by atomic mass is 9.93.